The normalized spacial score (nSPS) is 17.8. The van der Waals surface area contributed by atoms with E-state index in [1.165, 1.54) is 0 Å². The number of rotatable bonds is 8. The van der Waals surface area contributed by atoms with Gasteiger partial charge in [0.25, 0.3) is 0 Å². The van der Waals surface area contributed by atoms with E-state index < -0.39 is 0 Å². The van der Waals surface area contributed by atoms with Crippen LogP contribution in [0, 0.1) is 5.92 Å². The average Bonchev–Trinajstić information content (AvgIpc) is 2.21. The molecular weight excluding hydrogens is 178 g/mol. The smallest absolute Gasteiger partial charge is 0.0616 e. The van der Waals surface area contributed by atoms with Crippen molar-refractivity contribution < 1.29 is 9.84 Å². The molecule has 3 nitrogen and oxygen atoms in total. The summed E-state index contributed by atoms with van der Waals surface area (Å²) in [5, 5.41) is 12.6. The van der Waals surface area contributed by atoms with Crippen LogP contribution in [-0.4, -0.2) is 37.0 Å². The zero-order valence-electron chi connectivity index (χ0n) is 9.92. The minimum absolute atomic E-state index is 0.190. The number of nitrogens with one attached hydrogen (secondary N) is 1. The molecule has 0 aliphatic carbocycles. The van der Waals surface area contributed by atoms with Crippen molar-refractivity contribution in [2.75, 3.05) is 19.8 Å². The lowest BCUT2D eigenvalue weighted by atomic mass is 9.99. The Morgan fingerprint density at radius 2 is 1.93 bits per heavy atom. The van der Waals surface area contributed by atoms with Gasteiger partial charge in [0.05, 0.1) is 13.2 Å². The predicted octanol–water partition coefficient (Wildman–Crippen LogP) is 1.41. The van der Waals surface area contributed by atoms with Gasteiger partial charge in [-0.15, -0.1) is 0 Å². The lowest BCUT2D eigenvalue weighted by Gasteiger charge is -2.26. The quantitative estimate of drug-likeness (QED) is 0.626. The molecule has 0 saturated carbocycles. The van der Waals surface area contributed by atoms with Crippen LogP contribution in [0.15, 0.2) is 0 Å². The monoisotopic (exact) mass is 203 g/mol. The Labute approximate surface area is 87.8 Å². The highest BCUT2D eigenvalue weighted by molar-refractivity contribution is 4.74. The number of aliphatic hydroxyl groups excluding tert-OH is 1. The van der Waals surface area contributed by atoms with Gasteiger partial charge in [-0.3, -0.25) is 0 Å². The Bertz CT molecular complexity index is 130. The summed E-state index contributed by atoms with van der Waals surface area (Å²) in [6.45, 7) is 10.0. The molecule has 0 aliphatic heterocycles. The number of ether oxygens (including phenoxy) is 1. The average molecular weight is 203 g/mol. The third-order valence-corrected chi connectivity index (χ3v) is 2.60. The van der Waals surface area contributed by atoms with Crippen molar-refractivity contribution in [3.05, 3.63) is 0 Å². The summed E-state index contributed by atoms with van der Waals surface area (Å²) in [5.74, 6) is 0.504. The Morgan fingerprint density at radius 3 is 2.36 bits per heavy atom. The summed E-state index contributed by atoms with van der Waals surface area (Å²) >= 11 is 0. The first-order chi connectivity index (χ1) is 6.65. The largest absolute Gasteiger partial charge is 0.395 e. The van der Waals surface area contributed by atoms with Gasteiger partial charge in [0.15, 0.2) is 0 Å². The number of aliphatic hydroxyl groups is 1. The van der Waals surface area contributed by atoms with Crippen molar-refractivity contribution in [3.8, 4) is 0 Å². The second kappa shape index (κ2) is 8.21. The molecule has 0 aromatic rings. The van der Waals surface area contributed by atoms with Gasteiger partial charge >= 0.3 is 0 Å². The van der Waals surface area contributed by atoms with Gasteiger partial charge in [0.2, 0.25) is 0 Å². The molecule has 3 heteroatoms. The van der Waals surface area contributed by atoms with Gasteiger partial charge in [-0.25, -0.2) is 0 Å². The van der Waals surface area contributed by atoms with E-state index in [9.17, 15) is 5.11 Å². The fourth-order valence-corrected chi connectivity index (χ4v) is 1.39. The fraction of sp³-hybridized carbons (Fsp3) is 1.00. The molecule has 0 aromatic carbocycles. The number of hydrogen-bond acceptors (Lipinski definition) is 3. The first kappa shape index (κ1) is 13.9. The lowest BCUT2D eigenvalue weighted by molar-refractivity contribution is 0.110. The standard InChI is InChI=1S/C11H25NO2/c1-5-9(3)11(7-13)12-10(4)8-14-6-2/h9-13H,5-8H2,1-4H3. The second-order valence-corrected chi connectivity index (χ2v) is 3.90. The molecule has 0 radical (unpaired) electrons. The SMILES string of the molecule is CCOCC(C)NC(CO)C(C)CC. The first-order valence-corrected chi connectivity index (χ1v) is 5.60. The second-order valence-electron chi connectivity index (χ2n) is 3.90. The minimum atomic E-state index is 0.190. The van der Waals surface area contributed by atoms with E-state index >= 15 is 0 Å². The molecule has 0 heterocycles. The molecule has 0 aliphatic rings. The van der Waals surface area contributed by atoms with Gasteiger partial charge in [-0.1, -0.05) is 20.3 Å². The van der Waals surface area contributed by atoms with Gasteiger partial charge in [0.1, 0.15) is 0 Å². The summed E-state index contributed by atoms with van der Waals surface area (Å²) in [5.41, 5.74) is 0. The van der Waals surface area contributed by atoms with Crippen LogP contribution in [0.1, 0.15) is 34.1 Å². The minimum Gasteiger partial charge on any atom is -0.395 e. The number of hydrogen-bond donors (Lipinski definition) is 2. The highest BCUT2D eigenvalue weighted by Gasteiger charge is 2.16. The van der Waals surface area contributed by atoms with Gasteiger partial charge in [0, 0.05) is 18.7 Å². The topological polar surface area (TPSA) is 41.5 Å². The molecule has 0 rings (SSSR count). The lowest BCUT2D eigenvalue weighted by Crippen LogP contribution is -2.44. The van der Waals surface area contributed by atoms with Crippen LogP contribution in [-0.2, 0) is 4.74 Å². The van der Waals surface area contributed by atoms with Crippen LogP contribution in [0.25, 0.3) is 0 Å². The summed E-state index contributed by atoms with van der Waals surface area (Å²) in [4.78, 5) is 0. The van der Waals surface area contributed by atoms with Crippen molar-refractivity contribution in [1.29, 1.82) is 0 Å². The zero-order valence-corrected chi connectivity index (χ0v) is 9.92. The molecular formula is C11H25NO2. The van der Waals surface area contributed by atoms with Crippen molar-refractivity contribution >= 4 is 0 Å². The third kappa shape index (κ3) is 5.58. The van der Waals surface area contributed by atoms with Crippen LogP contribution < -0.4 is 5.32 Å². The van der Waals surface area contributed by atoms with E-state index in [0.717, 1.165) is 13.0 Å². The van der Waals surface area contributed by atoms with Gasteiger partial charge in [-0.2, -0.15) is 0 Å². The van der Waals surface area contributed by atoms with E-state index in [1.54, 1.807) is 0 Å². The Balaban J connectivity index is 3.79. The van der Waals surface area contributed by atoms with Crippen LogP contribution in [0.4, 0.5) is 0 Å². The summed E-state index contributed by atoms with van der Waals surface area (Å²) in [6, 6.07) is 0.497. The molecule has 0 amide bonds. The van der Waals surface area contributed by atoms with Crippen LogP contribution in [0.5, 0.6) is 0 Å². The molecule has 2 N–H and O–H groups in total. The van der Waals surface area contributed by atoms with Crippen molar-refractivity contribution in [2.45, 2.75) is 46.2 Å². The maximum atomic E-state index is 9.20. The molecule has 0 bridgehead atoms. The van der Waals surface area contributed by atoms with Crippen molar-refractivity contribution in [2.24, 2.45) is 5.92 Å². The van der Waals surface area contributed by atoms with E-state index in [1.807, 2.05) is 6.92 Å². The summed E-state index contributed by atoms with van der Waals surface area (Å²) < 4.78 is 5.31. The fourth-order valence-electron chi connectivity index (χ4n) is 1.39. The first-order valence-electron chi connectivity index (χ1n) is 5.60. The molecule has 86 valence electrons. The Kier molecular flexibility index (Phi) is 8.14. The molecule has 14 heavy (non-hydrogen) atoms. The molecule has 3 unspecified atom stereocenters. The highest BCUT2D eigenvalue weighted by atomic mass is 16.5. The van der Waals surface area contributed by atoms with Crippen molar-refractivity contribution in [1.82, 2.24) is 5.32 Å². The molecule has 0 aromatic heterocycles. The maximum absolute atomic E-state index is 9.20. The van der Waals surface area contributed by atoms with Crippen LogP contribution >= 0.6 is 0 Å². The Hall–Kier alpha value is -0.120. The van der Waals surface area contributed by atoms with Crippen LogP contribution in [0.3, 0.4) is 0 Å². The molecule has 3 atom stereocenters. The van der Waals surface area contributed by atoms with Gasteiger partial charge in [-0.05, 0) is 19.8 Å². The van der Waals surface area contributed by atoms with Crippen LogP contribution in [0.2, 0.25) is 0 Å². The molecule has 0 fully saturated rings. The van der Waals surface area contributed by atoms with E-state index in [4.69, 9.17) is 4.74 Å². The van der Waals surface area contributed by atoms with E-state index in [2.05, 4.69) is 26.1 Å². The molecule has 0 spiro atoms. The zero-order chi connectivity index (χ0) is 11.0. The maximum Gasteiger partial charge on any atom is 0.0616 e. The van der Waals surface area contributed by atoms with Gasteiger partial charge < -0.3 is 15.2 Å². The predicted molar refractivity (Wildman–Crippen MR) is 59.4 cm³/mol. The summed E-state index contributed by atoms with van der Waals surface area (Å²) in [7, 11) is 0. The van der Waals surface area contributed by atoms with E-state index in [0.29, 0.717) is 18.6 Å². The Morgan fingerprint density at radius 1 is 1.29 bits per heavy atom. The van der Waals surface area contributed by atoms with E-state index in [-0.39, 0.29) is 12.6 Å². The summed E-state index contributed by atoms with van der Waals surface area (Å²) in [6.07, 6.45) is 1.08. The third-order valence-electron chi connectivity index (χ3n) is 2.60. The highest BCUT2D eigenvalue weighted by Crippen LogP contribution is 2.07. The molecule has 0 saturated heterocycles. The van der Waals surface area contributed by atoms with Crippen molar-refractivity contribution in [3.63, 3.8) is 0 Å².